The number of hydrogen-bond acceptors (Lipinski definition) is 6. The first kappa shape index (κ1) is 23.1. The van der Waals surface area contributed by atoms with E-state index in [0.717, 1.165) is 0 Å². The maximum Gasteiger partial charge on any atom is 0.338 e. The van der Waals surface area contributed by atoms with Crippen LogP contribution in [0.25, 0.3) is 0 Å². The molecule has 0 saturated heterocycles. The fourth-order valence-corrected chi connectivity index (χ4v) is 2.79. The Labute approximate surface area is 164 Å². The number of imide groups is 1. The normalized spacial score (nSPS) is 12.4. The van der Waals surface area contributed by atoms with E-state index in [1.807, 2.05) is 0 Å². The van der Waals surface area contributed by atoms with E-state index in [4.69, 9.17) is 11.2 Å². The van der Waals surface area contributed by atoms with Gasteiger partial charge in [-0.2, -0.15) is 4.72 Å². The first-order valence-corrected chi connectivity index (χ1v) is 9.71. The van der Waals surface area contributed by atoms with Gasteiger partial charge < -0.3 is 10.1 Å². The average Bonchev–Trinajstić information content (AvgIpc) is 2.58. The average molecular weight is 409 g/mol. The van der Waals surface area contributed by atoms with Crippen molar-refractivity contribution in [1.29, 1.82) is 0 Å². The minimum absolute atomic E-state index is 0.0368. The highest BCUT2D eigenvalue weighted by atomic mass is 32.2. The molecule has 1 atom stereocenters. The molecule has 1 aromatic rings. The van der Waals surface area contributed by atoms with Crippen LogP contribution in [0.3, 0.4) is 0 Å². The summed E-state index contributed by atoms with van der Waals surface area (Å²) in [5, 5.41) is 4.61. The van der Waals surface area contributed by atoms with E-state index in [0.29, 0.717) is 0 Å². The molecule has 152 valence electrons. The molecule has 1 aromatic carbocycles. The molecule has 0 saturated carbocycles. The monoisotopic (exact) mass is 409 g/mol. The highest BCUT2D eigenvalue weighted by Crippen LogP contribution is 2.12. The lowest BCUT2D eigenvalue weighted by Gasteiger charge is -2.21. The third-order valence-electron chi connectivity index (χ3n) is 3.14. The van der Waals surface area contributed by atoms with Gasteiger partial charge in [0.1, 0.15) is 0 Å². The van der Waals surface area contributed by atoms with Crippen LogP contribution < -0.4 is 15.4 Å². The van der Waals surface area contributed by atoms with Crippen molar-refractivity contribution in [3.63, 3.8) is 0 Å². The van der Waals surface area contributed by atoms with Crippen molar-refractivity contribution >= 4 is 27.9 Å². The number of nitrogens with one attached hydrogen (secondary N) is 3. The summed E-state index contributed by atoms with van der Waals surface area (Å²) in [6.45, 7) is 6.37. The molecule has 10 heteroatoms. The minimum Gasteiger partial charge on any atom is -0.449 e. The quantitative estimate of drug-likeness (QED) is 0.470. The third kappa shape index (κ3) is 7.38. The predicted molar refractivity (Wildman–Crippen MR) is 102 cm³/mol. The second-order valence-corrected chi connectivity index (χ2v) is 8.56. The van der Waals surface area contributed by atoms with Crippen molar-refractivity contribution < 1.29 is 27.5 Å². The van der Waals surface area contributed by atoms with Gasteiger partial charge in [0, 0.05) is 5.54 Å². The molecule has 9 nitrogen and oxygen atoms in total. The van der Waals surface area contributed by atoms with Crippen LogP contribution in [0.15, 0.2) is 29.2 Å². The maximum absolute atomic E-state index is 12.1. The van der Waals surface area contributed by atoms with Crippen LogP contribution in [0.2, 0.25) is 0 Å². The molecule has 0 radical (unpaired) electrons. The zero-order valence-corrected chi connectivity index (χ0v) is 16.8. The summed E-state index contributed by atoms with van der Waals surface area (Å²) >= 11 is 0. The van der Waals surface area contributed by atoms with E-state index >= 15 is 0 Å². The van der Waals surface area contributed by atoms with Gasteiger partial charge in [0.2, 0.25) is 10.0 Å². The van der Waals surface area contributed by atoms with Gasteiger partial charge in [-0.15, -0.1) is 6.42 Å². The number of terminal acetylenes is 1. The van der Waals surface area contributed by atoms with Gasteiger partial charge >= 0.3 is 12.0 Å². The van der Waals surface area contributed by atoms with Crippen molar-refractivity contribution in [2.45, 2.75) is 44.2 Å². The number of sulfonamides is 1. The number of rotatable bonds is 6. The Bertz CT molecular complexity index is 879. The fourth-order valence-electron chi connectivity index (χ4n) is 1.86. The molecule has 0 aromatic heterocycles. The van der Waals surface area contributed by atoms with Gasteiger partial charge in [-0.25, -0.2) is 18.0 Å². The smallest absolute Gasteiger partial charge is 0.338 e. The summed E-state index contributed by atoms with van der Waals surface area (Å²) in [4.78, 5) is 35.6. The molecule has 28 heavy (non-hydrogen) atoms. The maximum atomic E-state index is 12.1. The second kappa shape index (κ2) is 9.34. The van der Waals surface area contributed by atoms with Crippen LogP contribution in [0.1, 0.15) is 38.1 Å². The summed E-state index contributed by atoms with van der Waals surface area (Å²) in [5.41, 5.74) is -0.503. The molecule has 3 amide bonds. The van der Waals surface area contributed by atoms with Crippen LogP contribution in [0.4, 0.5) is 4.79 Å². The SMILES string of the molecule is C#CCNS(=O)(=O)c1ccc(C(=O)OC(C)C(=O)NC(=O)NC(C)(C)C)cc1. The van der Waals surface area contributed by atoms with Crippen LogP contribution in [-0.2, 0) is 19.6 Å². The van der Waals surface area contributed by atoms with E-state index in [2.05, 4.69) is 21.3 Å². The molecule has 0 bridgehead atoms. The van der Waals surface area contributed by atoms with E-state index in [9.17, 15) is 22.8 Å². The number of benzene rings is 1. The molecule has 0 spiro atoms. The van der Waals surface area contributed by atoms with E-state index in [1.54, 1.807) is 20.8 Å². The molecule has 0 heterocycles. The Balaban J connectivity index is 2.71. The van der Waals surface area contributed by atoms with Crippen molar-refractivity contribution in [1.82, 2.24) is 15.4 Å². The molecule has 1 unspecified atom stereocenters. The van der Waals surface area contributed by atoms with Gasteiger partial charge in [0.15, 0.2) is 6.10 Å². The molecular weight excluding hydrogens is 386 g/mol. The van der Waals surface area contributed by atoms with Gasteiger partial charge in [-0.1, -0.05) is 5.92 Å². The molecule has 0 fully saturated rings. The highest BCUT2D eigenvalue weighted by Gasteiger charge is 2.23. The standard InChI is InChI=1S/C18H23N3O6S/c1-6-11-19-28(25,26)14-9-7-13(8-10-14)16(23)27-12(2)15(22)20-17(24)21-18(3,4)5/h1,7-10,12,19H,11H2,2-5H3,(H2,20,21,22,24). The topological polar surface area (TPSA) is 131 Å². The number of esters is 1. The lowest BCUT2D eigenvalue weighted by molar-refractivity contribution is -0.127. The van der Waals surface area contributed by atoms with Crippen molar-refractivity contribution in [3.8, 4) is 12.3 Å². The Morgan fingerprint density at radius 3 is 2.25 bits per heavy atom. The number of hydrogen-bond donors (Lipinski definition) is 3. The van der Waals surface area contributed by atoms with Crippen molar-refractivity contribution in [3.05, 3.63) is 29.8 Å². The summed E-state index contributed by atoms with van der Waals surface area (Å²) in [5.74, 6) is 0.504. The van der Waals surface area contributed by atoms with Crippen LogP contribution in [-0.4, -0.2) is 44.5 Å². The Kier molecular flexibility index (Phi) is 7.72. The first-order valence-electron chi connectivity index (χ1n) is 8.23. The Morgan fingerprint density at radius 1 is 1.18 bits per heavy atom. The van der Waals surface area contributed by atoms with E-state index in [1.165, 1.54) is 31.2 Å². The van der Waals surface area contributed by atoms with Crippen molar-refractivity contribution in [2.75, 3.05) is 6.54 Å². The Hall–Kier alpha value is -2.90. The summed E-state index contributed by atoms with van der Waals surface area (Å²) in [7, 11) is -3.78. The zero-order chi connectivity index (χ0) is 21.5. The predicted octanol–water partition coefficient (Wildman–Crippen LogP) is 0.768. The summed E-state index contributed by atoms with van der Waals surface area (Å²) < 4.78 is 31.0. The van der Waals surface area contributed by atoms with Gasteiger partial charge in [-0.05, 0) is 52.0 Å². The third-order valence-corrected chi connectivity index (χ3v) is 4.56. The molecule has 0 aliphatic heterocycles. The van der Waals surface area contributed by atoms with Gasteiger partial charge in [0.05, 0.1) is 17.0 Å². The molecular formula is C18H23N3O6S. The van der Waals surface area contributed by atoms with Crippen molar-refractivity contribution in [2.24, 2.45) is 0 Å². The van der Waals surface area contributed by atoms with Gasteiger partial charge in [-0.3, -0.25) is 10.1 Å². The zero-order valence-electron chi connectivity index (χ0n) is 16.0. The summed E-state index contributed by atoms with van der Waals surface area (Å²) in [6.07, 6.45) is 3.78. The number of carbonyl (C=O) groups excluding carboxylic acids is 3. The second-order valence-electron chi connectivity index (χ2n) is 6.79. The molecule has 1 rings (SSSR count). The largest absolute Gasteiger partial charge is 0.449 e. The van der Waals surface area contributed by atoms with E-state index in [-0.39, 0.29) is 17.0 Å². The van der Waals surface area contributed by atoms with Gasteiger partial charge in [0.25, 0.3) is 5.91 Å². The van der Waals surface area contributed by atoms with Crippen LogP contribution in [0, 0.1) is 12.3 Å². The van der Waals surface area contributed by atoms with E-state index < -0.39 is 39.6 Å². The molecule has 3 N–H and O–H groups in total. The minimum atomic E-state index is -3.78. The number of amides is 3. The molecule has 0 aliphatic carbocycles. The number of ether oxygens (including phenoxy) is 1. The lowest BCUT2D eigenvalue weighted by atomic mass is 10.1. The summed E-state index contributed by atoms with van der Waals surface area (Å²) in [6, 6.07) is 4.18. The Morgan fingerprint density at radius 2 is 1.75 bits per heavy atom. The lowest BCUT2D eigenvalue weighted by Crippen LogP contribution is -2.50. The number of carbonyl (C=O) groups is 3. The molecule has 0 aliphatic rings. The fraction of sp³-hybridized carbons (Fsp3) is 0.389. The first-order chi connectivity index (χ1) is 12.9. The van der Waals surface area contributed by atoms with Crippen LogP contribution >= 0.6 is 0 Å². The van der Waals surface area contributed by atoms with Crippen LogP contribution in [0.5, 0.6) is 0 Å². The highest BCUT2D eigenvalue weighted by molar-refractivity contribution is 7.89. The number of urea groups is 1.